The maximum Gasteiger partial charge on any atom is 0.320 e. The van der Waals surface area contributed by atoms with Crippen LogP contribution in [0.15, 0.2) is 12.2 Å². The first-order valence-electron chi connectivity index (χ1n) is 13.1. The van der Waals surface area contributed by atoms with Gasteiger partial charge in [0.25, 0.3) is 0 Å². The Morgan fingerprint density at radius 3 is 1.47 bits per heavy atom. The van der Waals surface area contributed by atoms with E-state index in [1.165, 1.54) is 70.6 Å². The van der Waals surface area contributed by atoms with Crippen molar-refractivity contribution in [2.24, 2.45) is 5.73 Å². The number of nitrogens with two attached hydrogens (primary N) is 1. The molecule has 10 nitrogen and oxygen atoms in total. The van der Waals surface area contributed by atoms with Gasteiger partial charge < -0.3 is 36.4 Å². The van der Waals surface area contributed by atoms with Gasteiger partial charge in [-0.05, 0) is 38.5 Å². The molecule has 0 heterocycles. The van der Waals surface area contributed by atoms with E-state index >= 15 is 0 Å². The summed E-state index contributed by atoms with van der Waals surface area (Å²) < 4.78 is 0. The average molecular weight is 522 g/mol. The summed E-state index contributed by atoms with van der Waals surface area (Å²) in [5.41, 5.74) is 5.00. The van der Waals surface area contributed by atoms with E-state index in [1.54, 1.807) is 0 Å². The number of allylic oxidation sites excluding steroid dienone is 2. The molecule has 10 heteroatoms. The van der Waals surface area contributed by atoms with Gasteiger partial charge in [0.15, 0.2) is 0 Å². The molecule has 1 atom stereocenters. The molecular weight excluding hydrogens is 470 g/mol. The molecule has 0 radical (unpaired) electrons. The number of rotatable bonds is 21. The highest BCUT2D eigenvalue weighted by Crippen LogP contribution is 2.09. The molecule has 0 fully saturated rings. The molecule has 0 saturated carbocycles. The standard InChI is InChI=1S/C18H34O2.C5H9NO4.C3H8O3/c1-2-3-4-5-6-7-8-9-10-11-12-13-14-15-16-17-18(19)20;6-3(5(9)10)1-2-4(7)8;4-1-3(6)2-5/h9-10H,2-8,11-17H2,1H3,(H,19,20);3H,1-2,6H2,(H,7,8)(H,9,10);3-6H,1-2H2/t;3-;/m.0./s1. The van der Waals surface area contributed by atoms with Gasteiger partial charge >= 0.3 is 17.9 Å². The summed E-state index contributed by atoms with van der Waals surface area (Å²) in [4.78, 5) is 30.2. The van der Waals surface area contributed by atoms with Crippen LogP contribution >= 0.6 is 0 Å². The molecule has 36 heavy (non-hydrogen) atoms. The van der Waals surface area contributed by atoms with Crippen molar-refractivity contribution < 1.29 is 45.0 Å². The number of carboxylic acid groups (broad SMARTS) is 3. The molecule has 0 spiro atoms. The minimum absolute atomic E-state index is 0.0231. The molecule has 0 rings (SSSR count). The third-order valence-corrected chi connectivity index (χ3v) is 5.06. The predicted molar refractivity (Wildman–Crippen MR) is 140 cm³/mol. The molecule has 0 unspecified atom stereocenters. The van der Waals surface area contributed by atoms with E-state index in [2.05, 4.69) is 19.1 Å². The number of aliphatic hydroxyl groups is 3. The molecule has 0 aromatic carbocycles. The molecule has 0 aromatic heterocycles. The lowest BCUT2D eigenvalue weighted by atomic mass is 10.1. The highest BCUT2D eigenvalue weighted by Gasteiger charge is 2.12. The van der Waals surface area contributed by atoms with Crippen LogP contribution in [-0.4, -0.2) is 73.9 Å². The van der Waals surface area contributed by atoms with Crippen LogP contribution in [-0.2, 0) is 14.4 Å². The third kappa shape index (κ3) is 39.2. The van der Waals surface area contributed by atoms with Gasteiger partial charge in [-0.15, -0.1) is 0 Å². The number of aliphatic carboxylic acids is 3. The van der Waals surface area contributed by atoms with Crippen LogP contribution in [0.5, 0.6) is 0 Å². The van der Waals surface area contributed by atoms with Crippen molar-refractivity contribution in [2.75, 3.05) is 13.2 Å². The molecule has 0 bridgehead atoms. The summed E-state index contributed by atoms with van der Waals surface area (Å²) in [6.45, 7) is 1.53. The van der Waals surface area contributed by atoms with Crippen molar-refractivity contribution in [1.29, 1.82) is 0 Å². The molecule has 0 saturated heterocycles. The topological polar surface area (TPSA) is 199 Å². The van der Waals surface area contributed by atoms with Gasteiger partial charge in [0.1, 0.15) is 12.1 Å². The van der Waals surface area contributed by atoms with E-state index in [0.717, 1.165) is 12.8 Å². The van der Waals surface area contributed by atoms with E-state index in [1.807, 2.05) is 0 Å². The molecule has 0 aromatic rings. The second-order valence-corrected chi connectivity index (χ2v) is 8.62. The minimum Gasteiger partial charge on any atom is -0.481 e. The van der Waals surface area contributed by atoms with Gasteiger partial charge in [0.05, 0.1) is 13.2 Å². The Morgan fingerprint density at radius 1 is 0.694 bits per heavy atom. The lowest BCUT2D eigenvalue weighted by Crippen LogP contribution is -2.30. The minimum atomic E-state index is -1.17. The van der Waals surface area contributed by atoms with Crippen LogP contribution in [0.2, 0.25) is 0 Å². The van der Waals surface area contributed by atoms with Crippen LogP contribution < -0.4 is 5.73 Å². The van der Waals surface area contributed by atoms with Crippen LogP contribution in [0.1, 0.15) is 110 Å². The Hall–Kier alpha value is -2.01. The Balaban J connectivity index is -0.000000561. The molecule has 0 aliphatic heterocycles. The first-order valence-corrected chi connectivity index (χ1v) is 13.1. The second kappa shape index (κ2) is 31.0. The van der Waals surface area contributed by atoms with E-state index in [0.29, 0.717) is 6.42 Å². The summed E-state index contributed by atoms with van der Waals surface area (Å²) >= 11 is 0. The Labute approximate surface area is 216 Å². The van der Waals surface area contributed by atoms with E-state index in [-0.39, 0.29) is 26.1 Å². The van der Waals surface area contributed by atoms with Crippen molar-refractivity contribution in [3.8, 4) is 0 Å². The van der Waals surface area contributed by atoms with Crippen molar-refractivity contribution in [3.63, 3.8) is 0 Å². The second-order valence-electron chi connectivity index (χ2n) is 8.62. The summed E-state index contributed by atoms with van der Waals surface area (Å²) in [6, 6.07) is -1.06. The maximum atomic E-state index is 10.3. The van der Waals surface area contributed by atoms with E-state index < -0.39 is 30.1 Å². The summed E-state index contributed by atoms with van der Waals surface area (Å²) in [5, 5.41) is 48.8. The van der Waals surface area contributed by atoms with Crippen molar-refractivity contribution in [1.82, 2.24) is 0 Å². The van der Waals surface area contributed by atoms with Crippen molar-refractivity contribution in [2.45, 2.75) is 122 Å². The van der Waals surface area contributed by atoms with Gasteiger partial charge in [0, 0.05) is 12.8 Å². The van der Waals surface area contributed by atoms with Crippen LogP contribution in [0.25, 0.3) is 0 Å². The smallest absolute Gasteiger partial charge is 0.320 e. The number of carbonyl (C=O) groups is 3. The normalized spacial score (nSPS) is 11.4. The maximum absolute atomic E-state index is 10.3. The van der Waals surface area contributed by atoms with Gasteiger partial charge in [-0.25, -0.2) is 0 Å². The fourth-order valence-electron chi connectivity index (χ4n) is 2.81. The summed E-state index contributed by atoms with van der Waals surface area (Å²) in [7, 11) is 0. The predicted octanol–water partition coefficient (Wildman–Crippen LogP) is 3.70. The van der Waals surface area contributed by atoms with Gasteiger partial charge in [-0.1, -0.05) is 70.4 Å². The Bertz CT molecular complexity index is 538. The van der Waals surface area contributed by atoms with Crippen LogP contribution in [0.4, 0.5) is 0 Å². The largest absolute Gasteiger partial charge is 0.481 e. The summed E-state index contributed by atoms with van der Waals surface area (Å²) in [5.74, 6) is -2.86. The number of carboxylic acids is 3. The van der Waals surface area contributed by atoms with Crippen molar-refractivity contribution in [3.05, 3.63) is 12.2 Å². The zero-order valence-electron chi connectivity index (χ0n) is 22.0. The molecule has 8 N–H and O–H groups in total. The fourth-order valence-corrected chi connectivity index (χ4v) is 2.81. The lowest BCUT2D eigenvalue weighted by Gasteiger charge is -2.01. The summed E-state index contributed by atoms with van der Waals surface area (Å²) in [6.07, 6.45) is 20.1. The molecule has 0 amide bonds. The highest BCUT2D eigenvalue weighted by molar-refractivity contribution is 5.74. The van der Waals surface area contributed by atoms with Gasteiger partial charge in [-0.3, -0.25) is 14.4 Å². The molecule has 0 aliphatic rings. The third-order valence-electron chi connectivity index (χ3n) is 5.06. The lowest BCUT2D eigenvalue weighted by molar-refractivity contribution is -0.140. The molecule has 214 valence electrons. The van der Waals surface area contributed by atoms with E-state index in [9.17, 15) is 14.4 Å². The highest BCUT2D eigenvalue weighted by atomic mass is 16.4. The zero-order chi connectivity index (χ0) is 28.0. The van der Waals surface area contributed by atoms with Crippen LogP contribution in [0.3, 0.4) is 0 Å². The SMILES string of the molecule is CCCCCCCCC=CCCCCCCCC(=O)O.N[C@@H](CCC(=O)O)C(=O)O.OCC(O)CO. The molecule has 0 aliphatic carbocycles. The fraction of sp³-hybridized carbons (Fsp3) is 0.808. The average Bonchev–Trinajstić information content (AvgIpc) is 2.84. The quantitative estimate of drug-likeness (QED) is 0.0862. The van der Waals surface area contributed by atoms with Crippen LogP contribution in [0, 0.1) is 0 Å². The molecular formula is C26H51NO9. The monoisotopic (exact) mass is 521 g/mol. The van der Waals surface area contributed by atoms with Crippen molar-refractivity contribution >= 4 is 17.9 Å². The number of aliphatic hydroxyl groups excluding tert-OH is 3. The van der Waals surface area contributed by atoms with Gasteiger partial charge in [-0.2, -0.15) is 0 Å². The Kier molecular flexibility index (Phi) is 33.2. The Morgan fingerprint density at radius 2 is 1.11 bits per heavy atom. The number of hydrogen-bond donors (Lipinski definition) is 7. The number of hydrogen-bond acceptors (Lipinski definition) is 7. The number of unbranched alkanes of at least 4 members (excludes halogenated alkanes) is 11. The zero-order valence-corrected chi connectivity index (χ0v) is 22.0. The van der Waals surface area contributed by atoms with Gasteiger partial charge in [0.2, 0.25) is 0 Å². The van der Waals surface area contributed by atoms with E-state index in [4.69, 9.17) is 36.4 Å². The first kappa shape index (κ1) is 38.5. The first-order chi connectivity index (χ1) is 17.1.